The largest absolute Gasteiger partial charge is 0.378 e. The lowest BCUT2D eigenvalue weighted by Gasteiger charge is -2.09. The van der Waals surface area contributed by atoms with Gasteiger partial charge in [0.1, 0.15) is 10.7 Å². The summed E-state index contributed by atoms with van der Waals surface area (Å²) in [6, 6.07) is 4.95. The summed E-state index contributed by atoms with van der Waals surface area (Å²) >= 11 is 9.14. The average Bonchev–Trinajstić information content (AvgIpc) is 2.80. The Kier molecular flexibility index (Phi) is 4.39. The van der Waals surface area contributed by atoms with Crippen molar-refractivity contribution in [1.82, 2.24) is 9.78 Å². The number of nitro groups is 1. The van der Waals surface area contributed by atoms with Crippen molar-refractivity contribution >= 4 is 38.9 Å². The fraction of sp³-hybridized carbons (Fsp3) is 0.182. The monoisotopic (exact) mass is 344 g/mol. The first-order valence-electron chi connectivity index (χ1n) is 5.42. The van der Waals surface area contributed by atoms with Gasteiger partial charge >= 0.3 is 5.69 Å². The maximum Gasteiger partial charge on any atom is 0.310 e. The van der Waals surface area contributed by atoms with Crippen molar-refractivity contribution in [2.45, 2.75) is 6.54 Å². The van der Waals surface area contributed by atoms with Gasteiger partial charge in [-0.25, -0.2) is 0 Å². The lowest BCUT2D eigenvalue weighted by Crippen LogP contribution is -2.12. The highest BCUT2D eigenvalue weighted by Gasteiger charge is 2.19. The van der Waals surface area contributed by atoms with E-state index in [9.17, 15) is 10.1 Å². The number of hydrogen-bond acceptors (Lipinski definition) is 4. The Morgan fingerprint density at radius 3 is 2.95 bits per heavy atom. The number of aromatic nitrogens is 2. The summed E-state index contributed by atoms with van der Waals surface area (Å²) < 4.78 is 2.42. The van der Waals surface area contributed by atoms with Crippen LogP contribution in [0, 0.1) is 10.1 Å². The van der Waals surface area contributed by atoms with Crippen LogP contribution in [0.3, 0.4) is 0 Å². The summed E-state index contributed by atoms with van der Waals surface area (Å²) in [7, 11) is 0. The summed E-state index contributed by atoms with van der Waals surface area (Å²) in [6.07, 6.45) is 3.50. The predicted octanol–water partition coefficient (Wildman–Crippen LogP) is 3.32. The van der Waals surface area contributed by atoms with E-state index in [1.807, 2.05) is 12.3 Å². The van der Waals surface area contributed by atoms with Gasteiger partial charge in [-0.15, -0.1) is 0 Å². The quantitative estimate of drug-likeness (QED) is 0.666. The molecule has 1 heterocycles. The number of rotatable bonds is 5. The first kappa shape index (κ1) is 13.8. The normalized spacial score (nSPS) is 10.4. The van der Waals surface area contributed by atoms with Gasteiger partial charge in [0.2, 0.25) is 0 Å². The van der Waals surface area contributed by atoms with Crippen LogP contribution in [0.4, 0.5) is 11.4 Å². The highest BCUT2D eigenvalue weighted by Crippen LogP contribution is 2.35. The second-order valence-corrected chi connectivity index (χ2v) is 5.06. The first-order chi connectivity index (χ1) is 9.08. The highest BCUT2D eigenvalue weighted by molar-refractivity contribution is 9.10. The molecule has 0 amide bonds. The molecule has 1 aromatic heterocycles. The molecule has 0 unspecified atom stereocenters. The maximum absolute atomic E-state index is 11.0. The Morgan fingerprint density at radius 2 is 2.32 bits per heavy atom. The van der Waals surface area contributed by atoms with Crippen molar-refractivity contribution in [3.8, 4) is 0 Å². The highest BCUT2D eigenvalue weighted by atomic mass is 79.9. The van der Waals surface area contributed by atoms with Crippen LogP contribution >= 0.6 is 27.5 Å². The van der Waals surface area contributed by atoms with Crippen LogP contribution in [-0.4, -0.2) is 21.2 Å². The lowest BCUT2D eigenvalue weighted by atomic mass is 10.2. The minimum atomic E-state index is -0.495. The molecule has 2 rings (SSSR count). The van der Waals surface area contributed by atoms with E-state index in [4.69, 9.17) is 11.6 Å². The van der Waals surface area contributed by atoms with Crippen molar-refractivity contribution in [2.24, 2.45) is 0 Å². The van der Waals surface area contributed by atoms with Crippen LogP contribution in [0.1, 0.15) is 0 Å². The summed E-state index contributed by atoms with van der Waals surface area (Å²) in [5, 5.41) is 18.1. The van der Waals surface area contributed by atoms with Crippen LogP contribution in [0.25, 0.3) is 0 Å². The number of hydrogen-bond donors (Lipinski definition) is 1. The van der Waals surface area contributed by atoms with Crippen LogP contribution in [0.5, 0.6) is 0 Å². The van der Waals surface area contributed by atoms with Gasteiger partial charge in [0.15, 0.2) is 0 Å². The SMILES string of the molecule is O=[N+]([O-])c1c(Cl)cc(Br)cc1NCCn1cccn1. The third-order valence-corrected chi connectivity index (χ3v) is 3.17. The standard InChI is InChI=1S/C11H10BrClN4O2/c12-8-6-9(13)11(17(18)19)10(7-8)14-3-5-16-4-1-2-15-16/h1-2,4,6-7,14H,3,5H2. The van der Waals surface area contributed by atoms with E-state index in [1.165, 1.54) is 6.07 Å². The van der Waals surface area contributed by atoms with E-state index in [0.29, 0.717) is 23.2 Å². The van der Waals surface area contributed by atoms with E-state index in [-0.39, 0.29) is 10.7 Å². The molecular weight excluding hydrogens is 336 g/mol. The predicted molar refractivity (Wildman–Crippen MR) is 76.5 cm³/mol. The summed E-state index contributed by atoms with van der Waals surface area (Å²) in [5.41, 5.74) is 0.266. The number of nitrogens with zero attached hydrogens (tertiary/aromatic N) is 3. The Morgan fingerprint density at radius 1 is 1.53 bits per heavy atom. The van der Waals surface area contributed by atoms with Crippen molar-refractivity contribution in [3.05, 3.63) is 50.2 Å². The molecule has 2 aromatic rings. The second kappa shape index (κ2) is 6.03. The van der Waals surface area contributed by atoms with E-state index < -0.39 is 4.92 Å². The molecule has 0 radical (unpaired) electrons. The Hall–Kier alpha value is -1.60. The zero-order valence-corrected chi connectivity index (χ0v) is 12.1. The average molecular weight is 346 g/mol. The second-order valence-electron chi connectivity index (χ2n) is 3.74. The smallest absolute Gasteiger partial charge is 0.310 e. The van der Waals surface area contributed by atoms with Crippen molar-refractivity contribution in [1.29, 1.82) is 0 Å². The van der Waals surface area contributed by atoms with Crippen molar-refractivity contribution < 1.29 is 4.92 Å². The third-order valence-electron chi connectivity index (χ3n) is 2.43. The first-order valence-corrected chi connectivity index (χ1v) is 6.60. The molecule has 1 N–H and O–H groups in total. The molecule has 0 fully saturated rings. The molecule has 0 saturated carbocycles. The van der Waals surface area contributed by atoms with Gasteiger partial charge in [-0.2, -0.15) is 5.10 Å². The van der Waals surface area contributed by atoms with E-state index in [2.05, 4.69) is 26.3 Å². The van der Waals surface area contributed by atoms with Crippen LogP contribution in [-0.2, 0) is 6.54 Å². The number of halogens is 2. The van der Waals surface area contributed by atoms with Gasteiger partial charge in [-0.05, 0) is 18.2 Å². The minimum absolute atomic E-state index is 0.0981. The van der Waals surface area contributed by atoms with Gasteiger partial charge in [0.05, 0.1) is 11.5 Å². The van der Waals surface area contributed by atoms with Crippen molar-refractivity contribution in [2.75, 3.05) is 11.9 Å². The van der Waals surface area contributed by atoms with Crippen LogP contribution < -0.4 is 5.32 Å². The van der Waals surface area contributed by atoms with E-state index in [1.54, 1.807) is 16.9 Å². The topological polar surface area (TPSA) is 73.0 Å². The van der Waals surface area contributed by atoms with Crippen molar-refractivity contribution in [3.63, 3.8) is 0 Å². The summed E-state index contributed by atoms with van der Waals surface area (Å²) in [4.78, 5) is 10.5. The number of nitro benzene ring substituents is 1. The zero-order chi connectivity index (χ0) is 13.8. The molecule has 19 heavy (non-hydrogen) atoms. The molecule has 0 aliphatic rings. The Balaban J connectivity index is 2.12. The molecule has 1 aromatic carbocycles. The van der Waals surface area contributed by atoms with E-state index >= 15 is 0 Å². The molecule has 0 aliphatic carbocycles. The van der Waals surface area contributed by atoms with Crippen LogP contribution in [0.2, 0.25) is 5.02 Å². The fourth-order valence-electron chi connectivity index (χ4n) is 1.62. The molecule has 0 saturated heterocycles. The molecule has 100 valence electrons. The third kappa shape index (κ3) is 3.45. The summed E-state index contributed by atoms with van der Waals surface area (Å²) in [5.74, 6) is 0. The zero-order valence-electron chi connectivity index (χ0n) is 9.72. The molecule has 0 bridgehead atoms. The van der Waals surface area contributed by atoms with Gasteiger partial charge < -0.3 is 5.32 Å². The van der Waals surface area contributed by atoms with Gasteiger partial charge in [-0.1, -0.05) is 27.5 Å². The van der Waals surface area contributed by atoms with E-state index in [0.717, 1.165) is 0 Å². The molecule has 6 nitrogen and oxygen atoms in total. The number of nitrogens with one attached hydrogen (secondary N) is 1. The number of anilines is 1. The maximum atomic E-state index is 11.0. The van der Waals surface area contributed by atoms with Crippen LogP contribution in [0.15, 0.2) is 35.1 Å². The summed E-state index contributed by atoms with van der Waals surface area (Å²) in [6.45, 7) is 1.11. The fourth-order valence-corrected chi connectivity index (χ4v) is 2.50. The molecular formula is C11H10BrClN4O2. The minimum Gasteiger partial charge on any atom is -0.378 e. The Labute approximate surface area is 122 Å². The molecule has 8 heteroatoms. The van der Waals surface area contributed by atoms with Gasteiger partial charge in [-0.3, -0.25) is 14.8 Å². The lowest BCUT2D eigenvalue weighted by molar-refractivity contribution is -0.383. The number of benzene rings is 1. The molecule has 0 spiro atoms. The van der Waals surface area contributed by atoms with Gasteiger partial charge in [0, 0.05) is 23.4 Å². The molecule has 0 atom stereocenters. The van der Waals surface area contributed by atoms with Gasteiger partial charge in [0.25, 0.3) is 0 Å². The molecule has 0 aliphatic heterocycles. The Bertz CT molecular complexity index is 589.